The van der Waals surface area contributed by atoms with Crippen LogP contribution in [-0.2, 0) is 10.8 Å². The van der Waals surface area contributed by atoms with Crippen molar-refractivity contribution < 1.29 is 0 Å². The van der Waals surface area contributed by atoms with Gasteiger partial charge in [-0.15, -0.1) is 0 Å². The number of rotatable bonds is 8. The molecule has 0 fully saturated rings. The van der Waals surface area contributed by atoms with Crippen molar-refractivity contribution in [1.82, 2.24) is 0 Å². The zero-order valence-electron chi connectivity index (χ0n) is 66.0. The third-order valence-electron chi connectivity index (χ3n) is 27.6. The summed E-state index contributed by atoms with van der Waals surface area (Å²) in [5.41, 5.74) is 52.1. The quantitative estimate of drug-likeness (QED) is 0.142. The highest BCUT2D eigenvalue weighted by molar-refractivity contribution is 6.23. The zero-order valence-corrected chi connectivity index (χ0v) is 66.0. The summed E-state index contributed by atoms with van der Waals surface area (Å²) in [7, 11) is 0. The Hall–Kier alpha value is -14.6. The van der Waals surface area contributed by atoms with Crippen molar-refractivity contribution in [3.8, 4) is 200 Å². The lowest BCUT2D eigenvalue weighted by Gasteiger charge is -2.23. The molecule has 0 atom stereocenters. The van der Waals surface area contributed by atoms with Gasteiger partial charge >= 0.3 is 0 Å². The minimum absolute atomic E-state index is 0.148. The van der Waals surface area contributed by atoms with Gasteiger partial charge in [-0.3, -0.25) is 0 Å². The molecule has 0 amide bonds. The predicted octanol–water partition coefficient (Wildman–Crippen LogP) is 32.5. The third-order valence-corrected chi connectivity index (χ3v) is 27.6. The first-order valence-corrected chi connectivity index (χ1v) is 41.7. The first-order chi connectivity index (χ1) is 58.1. The first kappa shape index (κ1) is 66.8. The number of fused-ring (bicyclic) bond motifs is 18. The van der Waals surface area contributed by atoms with Crippen LogP contribution in [-0.4, -0.2) is 0 Å². The predicted molar refractivity (Wildman–Crippen MR) is 499 cm³/mol. The molecule has 0 N–H and O–H groups in total. The monoisotopic (exact) mass is 1490 g/mol. The van der Waals surface area contributed by atoms with Gasteiger partial charge in [0.2, 0.25) is 0 Å². The molecule has 0 aromatic heterocycles. The molecule has 6 aliphatic rings. The molecule has 548 valence electrons. The van der Waals surface area contributed by atoms with Gasteiger partial charge in [0.05, 0.1) is 0 Å². The lowest BCUT2D eigenvalue weighted by atomic mass is 9.80. The topological polar surface area (TPSA) is 0 Å². The van der Waals surface area contributed by atoms with Gasteiger partial charge in [-0.1, -0.05) is 380 Å². The van der Waals surface area contributed by atoms with Crippen molar-refractivity contribution in [2.75, 3.05) is 0 Å². The van der Waals surface area contributed by atoms with Crippen LogP contribution in [0.4, 0.5) is 0 Å². The Bertz CT molecular complexity index is 7280. The fourth-order valence-electron chi connectivity index (χ4n) is 22.0. The lowest BCUT2D eigenvalue weighted by molar-refractivity contribution is 0.660. The normalized spacial score (nSPS) is 13.4. The van der Waals surface area contributed by atoms with Crippen LogP contribution in [0.3, 0.4) is 0 Å². The Morgan fingerprint density at radius 2 is 0.297 bits per heavy atom. The molecule has 0 bridgehead atoms. The number of benzene rings is 20. The lowest BCUT2D eigenvalue weighted by Crippen LogP contribution is -2.15. The van der Waals surface area contributed by atoms with E-state index in [9.17, 15) is 0 Å². The fourth-order valence-corrected chi connectivity index (χ4v) is 22.0. The molecule has 0 saturated carbocycles. The maximum atomic E-state index is 2.47. The summed E-state index contributed by atoms with van der Waals surface area (Å²) in [6.45, 7) is 9.61. The van der Waals surface area contributed by atoms with Gasteiger partial charge in [0.25, 0.3) is 0 Å². The van der Waals surface area contributed by atoms with Crippen LogP contribution in [0.1, 0.15) is 49.9 Å². The average molecular weight is 1490 g/mol. The van der Waals surface area contributed by atoms with E-state index in [1.165, 1.54) is 266 Å². The summed E-state index contributed by atoms with van der Waals surface area (Å²) in [6.07, 6.45) is 0. The molecule has 0 heteroatoms. The molecule has 0 saturated heterocycles. The Morgan fingerprint density at radius 3 is 0.593 bits per heavy atom. The Kier molecular flexibility index (Phi) is 14.1. The molecule has 6 aliphatic carbocycles. The van der Waals surface area contributed by atoms with Gasteiger partial charge in [0, 0.05) is 10.8 Å². The van der Waals surface area contributed by atoms with Gasteiger partial charge in [-0.05, 0) is 302 Å². The molecule has 0 unspecified atom stereocenters. The summed E-state index contributed by atoms with van der Waals surface area (Å²) in [5, 5.41) is 10.7. The van der Waals surface area contributed by atoms with E-state index in [2.05, 4.69) is 416 Å². The summed E-state index contributed by atoms with van der Waals surface area (Å²) in [5.74, 6) is 0. The molecule has 0 radical (unpaired) electrons. The van der Waals surface area contributed by atoms with Gasteiger partial charge in [-0.2, -0.15) is 0 Å². The van der Waals surface area contributed by atoms with Crippen molar-refractivity contribution in [1.29, 1.82) is 0 Å². The van der Waals surface area contributed by atoms with Crippen molar-refractivity contribution in [3.63, 3.8) is 0 Å². The third kappa shape index (κ3) is 9.54. The second-order valence-electron chi connectivity index (χ2n) is 34.3. The maximum Gasteiger partial charge on any atom is 0.0159 e. The van der Waals surface area contributed by atoms with Crippen LogP contribution in [0.25, 0.3) is 243 Å². The van der Waals surface area contributed by atoms with Crippen molar-refractivity contribution in [3.05, 3.63) is 411 Å². The molecular weight excluding hydrogens is 1420 g/mol. The maximum absolute atomic E-state index is 2.47. The second-order valence-corrected chi connectivity index (χ2v) is 34.3. The molecule has 26 rings (SSSR count). The smallest absolute Gasteiger partial charge is 0.0159 e. The molecule has 20 aromatic carbocycles. The van der Waals surface area contributed by atoms with Gasteiger partial charge < -0.3 is 0 Å². The van der Waals surface area contributed by atoms with Gasteiger partial charge in [0.15, 0.2) is 0 Å². The Labute approximate surface area is 687 Å². The summed E-state index contributed by atoms with van der Waals surface area (Å²) in [6, 6.07) is 146. The van der Waals surface area contributed by atoms with Crippen LogP contribution in [0.15, 0.2) is 388 Å². The molecule has 20 aromatic rings. The Balaban J connectivity index is 0.000000131. The van der Waals surface area contributed by atoms with Crippen LogP contribution in [0.5, 0.6) is 0 Å². The molecule has 118 heavy (non-hydrogen) atoms. The van der Waals surface area contributed by atoms with E-state index in [0.29, 0.717) is 0 Å². The number of hydrogen-bond acceptors (Lipinski definition) is 0. The highest BCUT2D eigenvalue weighted by Gasteiger charge is 2.39. The minimum atomic E-state index is -0.178. The highest BCUT2D eigenvalue weighted by Crippen LogP contribution is 2.58. The molecule has 0 heterocycles. The largest absolute Gasteiger partial charge is 0.0616 e. The molecule has 0 spiro atoms. The van der Waals surface area contributed by atoms with Gasteiger partial charge in [0.1, 0.15) is 0 Å². The van der Waals surface area contributed by atoms with E-state index in [1.807, 2.05) is 0 Å². The van der Waals surface area contributed by atoms with E-state index in [1.54, 1.807) is 0 Å². The minimum Gasteiger partial charge on any atom is -0.0616 e. The first-order valence-electron chi connectivity index (χ1n) is 41.7. The summed E-state index contributed by atoms with van der Waals surface area (Å²) < 4.78 is 0. The SMILES string of the molecule is CC1(C)c2cc(-c3cccc(-c4ccc5c6c(cccc46)-c4ccccc4-5)c3)ccc2-c2ccc(-c3cccc(-c4ccc5c6c(cccc46)-c4ccccc4-5)c3)cc21.CC1(C)c2cc(-c3ccccc3-c3ccc4c5c(cccc35)-c3ccccc3-4)ccc2-c2ccc(-c3ccccc3-c3ccc4c5c(cccc35)-c3ccccc3-4)cc21. The van der Waals surface area contributed by atoms with Crippen molar-refractivity contribution in [2.45, 2.75) is 38.5 Å². The van der Waals surface area contributed by atoms with E-state index >= 15 is 0 Å². The van der Waals surface area contributed by atoms with Crippen molar-refractivity contribution in [2.24, 2.45) is 0 Å². The summed E-state index contributed by atoms with van der Waals surface area (Å²) in [4.78, 5) is 0. The zero-order chi connectivity index (χ0) is 78.0. The average Bonchev–Trinajstić information content (AvgIpc) is 1.57. The van der Waals surface area contributed by atoms with Crippen LogP contribution < -0.4 is 0 Å². The second kappa shape index (κ2) is 25.0. The van der Waals surface area contributed by atoms with E-state index in [0.717, 1.165) is 0 Å². The molecule has 0 nitrogen and oxygen atoms in total. The fraction of sp³-hybridized carbons (Fsp3) is 0.0508. The van der Waals surface area contributed by atoms with E-state index in [-0.39, 0.29) is 10.8 Å². The highest BCUT2D eigenvalue weighted by atomic mass is 14.4. The number of hydrogen-bond donors (Lipinski definition) is 0. The van der Waals surface area contributed by atoms with E-state index in [4.69, 9.17) is 0 Å². The van der Waals surface area contributed by atoms with Crippen LogP contribution in [0.2, 0.25) is 0 Å². The molecular formula is C118H76. The Morgan fingerprint density at radius 1 is 0.119 bits per heavy atom. The standard InChI is InChI=1S/2C59H38/c1-59(2)55-33-37(35-11-7-13-39(31-35)41-27-29-53-45-17-5-3-15-43(45)51-21-9-19-49(41)57(51)53)23-25-47(55)48-26-24-38(34-56(48)59)36-12-8-14-40(32-36)42-28-30-54-46-18-6-4-16-44(46)52-22-10-20-50(42)58(52)54;1-59(2)55-33-35(37-13-3-5-15-39(37)45-29-31-53-43-19-9-7-17-41(43)49-21-11-23-51(45)57(49)53)25-27-47(55)48-28-26-36(34-56(48)59)38-14-4-6-16-40(38)46-30-32-54-44-20-10-8-18-42(44)50-22-12-24-52(46)58(50)54/h2*3-34H,1-2H3. The summed E-state index contributed by atoms with van der Waals surface area (Å²) >= 11 is 0. The molecule has 0 aliphatic heterocycles. The van der Waals surface area contributed by atoms with Crippen LogP contribution in [0, 0.1) is 0 Å². The van der Waals surface area contributed by atoms with E-state index < -0.39 is 0 Å². The van der Waals surface area contributed by atoms with Crippen molar-refractivity contribution >= 4 is 43.1 Å². The van der Waals surface area contributed by atoms with Gasteiger partial charge in [-0.25, -0.2) is 0 Å². The van der Waals surface area contributed by atoms with Crippen LogP contribution >= 0.6 is 0 Å².